The number of aromatic nitrogens is 6. The van der Waals surface area contributed by atoms with Crippen molar-refractivity contribution in [2.24, 2.45) is 14.1 Å². The second-order valence-electron chi connectivity index (χ2n) is 7.59. The number of aryl methyl sites for hydroxylation is 3. The van der Waals surface area contributed by atoms with Crippen molar-refractivity contribution in [1.29, 1.82) is 0 Å². The SMILES string of the molecule is Cc1cc(-c2nn(C)c(Cl)c2C)ccc1OCc1c(OC(F)F)cccc1-n1nnn(C)c1=O. The van der Waals surface area contributed by atoms with Gasteiger partial charge in [0.05, 0.1) is 16.9 Å². The van der Waals surface area contributed by atoms with Gasteiger partial charge in [-0.05, 0) is 60.2 Å². The quantitative estimate of drug-likeness (QED) is 0.391. The van der Waals surface area contributed by atoms with Gasteiger partial charge < -0.3 is 9.47 Å². The summed E-state index contributed by atoms with van der Waals surface area (Å²) in [7, 11) is 3.20. The molecule has 0 saturated carbocycles. The van der Waals surface area contributed by atoms with Crippen LogP contribution in [0.25, 0.3) is 16.9 Å². The molecule has 0 atom stereocenters. The van der Waals surface area contributed by atoms with Crippen molar-refractivity contribution in [3.63, 3.8) is 0 Å². The summed E-state index contributed by atoms with van der Waals surface area (Å²) in [5.74, 6) is 0.394. The number of hydrogen-bond acceptors (Lipinski definition) is 6. The molecular formula is C22H21ClF2N6O3. The summed E-state index contributed by atoms with van der Waals surface area (Å²) in [5, 5.41) is 12.5. The molecule has 34 heavy (non-hydrogen) atoms. The fourth-order valence-corrected chi connectivity index (χ4v) is 3.69. The van der Waals surface area contributed by atoms with Gasteiger partial charge in [0.2, 0.25) is 0 Å². The van der Waals surface area contributed by atoms with E-state index in [4.69, 9.17) is 16.3 Å². The Morgan fingerprint density at radius 1 is 1.06 bits per heavy atom. The average Bonchev–Trinajstić information content (AvgIpc) is 3.26. The Labute approximate surface area is 198 Å². The number of benzene rings is 2. The van der Waals surface area contributed by atoms with Gasteiger partial charge in [-0.2, -0.15) is 23.2 Å². The number of nitrogens with zero attached hydrogens (tertiary/aromatic N) is 6. The Kier molecular flexibility index (Phi) is 6.38. The number of halogens is 3. The van der Waals surface area contributed by atoms with E-state index in [9.17, 15) is 13.6 Å². The molecule has 0 bridgehead atoms. The largest absolute Gasteiger partial charge is 0.488 e. The van der Waals surface area contributed by atoms with Crippen LogP contribution in [0.15, 0.2) is 41.2 Å². The Bertz CT molecular complexity index is 1410. The van der Waals surface area contributed by atoms with Crippen LogP contribution >= 0.6 is 11.6 Å². The highest BCUT2D eigenvalue weighted by Crippen LogP contribution is 2.32. The lowest BCUT2D eigenvalue weighted by molar-refractivity contribution is -0.0508. The molecule has 0 amide bonds. The van der Waals surface area contributed by atoms with Crippen LogP contribution in [-0.2, 0) is 20.7 Å². The van der Waals surface area contributed by atoms with E-state index < -0.39 is 12.3 Å². The van der Waals surface area contributed by atoms with Crippen LogP contribution in [-0.4, -0.2) is 36.2 Å². The highest BCUT2D eigenvalue weighted by Gasteiger charge is 2.19. The first-order chi connectivity index (χ1) is 16.2. The molecule has 2 aromatic carbocycles. The molecule has 12 heteroatoms. The van der Waals surface area contributed by atoms with E-state index in [1.807, 2.05) is 26.0 Å². The zero-order chi connectivity index (χ0) is 24.6. The Morgan fingerprint density at radius 2 is 1.82 bits per heavy atom. The highest BCUT2D eigenvalue weighted by atomic mass is 35.5. The lowest BCUT2D eigenvalue weighted by Crippen LogP contribution is -2.23. The Hall–Kier alpha value is -3.73. The topological polar surface area (TPSA) is 89.0 Å². The van der Waals surface area contributed by atoms with Crippen molar-refractivity contribution in [2.75, 3.05) is 0 Å². The third kappa shape index (κ3) is 4.38. The van der Waals surface area contributed by atoms with Gasteiger partial charge in [0.1, 0.15) is 23.3 Å². The van der Waals surface area contributed by atoms with Crippen LogP contribution in [0.1, 0.15) is 16.7 Å². The lowest BCUT2D eigenvalue weighted by Gasteiger charge is -2.16. The molecule has 9 nitrogen and oxygen atoms in total. The van der Waals surface area contributed by atoms with Gasteiger partial charge in [0.25, 0.3) is 0 Å². The van der Waals surface area contributed by atoms with Gasteiger partial charge in [-0.15, -0.1) is 0 Å². The first-order valence-electron chi connectivity index (χ1n) is 10.2. The fourth-order valence-electron chi connectivity index (χ4n) is 3.56. The average molecular weight is 491 g/mol. The second-order valence-corrected chi connectivity index (χ2v) is 7.94. The third-order valence-corrected chi connectivity index (χ3v) is 5.82. The number of alkyl halides is 2. The van der Waals surface area contributed by atoms with Gasteiger partial charge in [0.15, 0.2) is 0 Å². The standard InChI is InChI=1S/C22H21ClF2N6O3/c1-12-10-14(19-13(2)20(23)29(3)26-19)8-9-17(12)33-11-15-16(31-22(32)30(4)27-28-31)6-5-7-18(15)34-21(24)25/h5-10,21H,11H2,1-4H3. The lowest BCUT2D eigenvalue weighted by atomic mass is 10.1. The van der Waals surface area contributed by atoms with E-state index in [2.05, 4.69) is 20.3 Å². The predicted molar refractivity (Wildman–Crippen MR) is 121 cm³/mol. The summed E-state index contributed by atoms with van der Waals surface area (Å²) in [4.78, 5) is 12.4. The zero-order valence-electron chi connectivity index (χ0n) is 18.8. The van der Waals surface area contributed by atoms with Gasteiger partial charge in [-0.3, -0.25) is 4.68 Å². The molecule has 0 spiro atoms. The van der Waals surface area contributed by atoms with Gasteiger partial charge in [0, 0.05) is 25.2 Å². The number of ether oxygens (including phenoxy) is 2. The molecule has 4 aromatic rings. The molecule has 178 valence electrons. The molecule has 2 heterocycles. The minimum Gasteiger partial charge on any atom is -0.488 e. The van der Waals surface area contributed by atoms with Crippen LogP contribution < -0.4 is 15.2 Å². The van der Waals surface area contributed by atoms with Crippen LogP contribution in [0.5, 0.6) is 11.5 Å². The molecule has 4 rings (SSSR count). The summed E-state index contributed by atoms with van der Waals surface area (Å²) in [6.45, 7) is 0.534. The molecule has 0 N–H and O–H groups in total. The molecule has 0 unspecified atom stereocenters. The minimum atomic E-state index is -3.05. The maximum absolute atomic E-state index is 13.0. The van der Waals surface area contributed by atoms with Crippen molar-refractivity contribution in [3.8, 4) is 28.4 Å². The van der Waals surface area contributed by atoms with E-state index in [1.165, 1.54) is 19.2 Å². The number of hydrogen-bond donors (Lipinski definition) is 0. The third-order valence-electron chi connectivity index (χ3n) is 5.29. The fraction of sp³-hybridized carbons (Fsp3) is 0.273. The van der Waals surface area contributed by atoms with E-state index in [1.54, 1.807) is 23.9 Å². The summed E-state index contributed by atoms with van der Waals surface area (Å²) in [6, 6.07) is 9.91. The van der Waals surface area contributed by atoms with E-state index in [-0.39, 0.29) is 23.6 Å². The predicted octanol–water partition coefficient (Wildman–Crippen LogP) is 3.82. The summed E-state index contributed by atoms with van der Waals surface area (Å²) < 4.78 is 40.3. The Morgan fingerprint density at radius 3 is 2.41 bits per heavy atom. The molecule has 0 saturated heterocycles. The van der Waals surface area contributed by atoms with Crippen LogP contribution in [0, 0.1) is 13.8 Å². The van der Waals surface area contributed by atoms with Crippen LogP contribution in [0.4, 0.5) is 8.78 Å². The summed E-state index contributed by atoms with van der Waals surface area (Å²) in [5.41, 5.74) is 3.17. The molecular weight excluding hydrogens is 470 g/mol. The molecule has 2 aromatic heterocycles. The number of rotatable bonds is 7. The smallest absolute Gasteiger partial charge is 0.387 e. The van der Waals surface area contributed by atoms with E-state index in [0.29, 0.717) is 10.9 Å². The first-order valence-corrected chi connectivity index (χ1v) is 10.5. The molecule has 0 radical (unpaired) electrons. The van der Waals surface area contributed by atoms with Crippen molar-refractivity contribution in [3.05, 3.63) is 68.7 Å². The molecule has 0 aliphatic carbocycles. The monoisotopic (exact) mass is 490 g/mol. The van der Waals surface area contributed by atoms with Gasteiger partial charge >= 0.3 is 12.3 Å². The van der Waals surface area contributed by atoms with Crippen molar-refractivity contribution < 1.29 is 18.3 Å². The van der Waals surface area contributed by atoms with Crippen molar-refractivity contribution >= 4 is 11.6 Å². The second kappa shape index (κ2) is 9.26. The summed E-state index contributed by atoms with van der Waals surface area (Å²) in [6.07, 6.45) is 0. The number of tetrazole rings is 1. The van der Waals surface area contributed by atoms with Crippen LogP contribution in [0.2, 0.25) is 5.15 Å². The Balaban J connectivity index is 1.67. The van der Waals surface area contributed by atoms with Crippen LogP contribution in [0.3, 0.4) is 0 Å². The van der Waals surface area contributed by atoms with Gasteiger partial charge in [-0.25, -0.2) is 4.79 Å². The minimum absolute atomic E-state index is 0.127. The van der Waals surface area contributed by atoms with Crippen molar-refractivity contribution in [2.45, 2.75) is 27.1 Å². The summed E-state index contributed by atoms with van der Waals surface area (Å²) >= 11 is 6.24. The maximum Gasteiger partial charge on any atom is 0.387 e. The van der Waals surface area contributed by atoms with Crippen molar-refractivity contribution in [1.82, 2.24) is 29.6 Å². The first kappa shape index (κ1) is 23.4. The zero-order valence-corrected chi connectivity index (χ0v) is 19.5. The van der Waals surface area contributed by atoms with Gasteiger partial charge in [-0.1, -0.05) is 17.7 Å². The molecule has 0 aliphatic heterocycles. The normalized spacial score (nSPS) is 11.3. The van der Waals surface area contributed by atoms with E-state index >= 15 is 0 Å². The molecule has 0 fully saturated rings. The van der Waals surface area contributed by atoms with E-state index in [0.717, 1.165) is 31.7 Å². The molecule has 0 aliphatic rings. The maximum atomic E-state index is 13.0. The highest BCUT2D eigenvalue weighted by molar-refractivity contribution is 6.30.